The lowest BCUT2D eigenvalue weighted by molar-refractivity contribution is 0.204. The Bertz CT molecular complexity index is 3210. The van der Waals surface area contributed by atoms with Crippen molar-refractivity contribution in [2.45, 2.75) is 18.5 Å². The van der Waals surface area contributed by atoms with Gasteiger partial charge in [-0.3, -0.25) is 16.0 Å². The van der Waals surface area contributed by atoms with E-state index in [2.05, 4.69) is 203 Å². The van der Waals surface area contributed by atoms with Gasteiger partial charge in [0.1, 0.15) is 11.2 Å². The monoisotopic (exact) mass is 752 g/mol. The van der Waals surface area contributed by atoms with Gasteiger partial charge in [-0.05, 0) is 82.4 Å². The minimum Gasteiger partial charge on any atom is -0.456 e. The summed E-state index contributed by atoms with van der Waals surface area (Å²) in [5.74, 6) is 0. The third-order valence-corrected chi connectivity index (χ3v) is 12.9. The van der Waals surface area contributed by atoms with Crippen LogP contribution < -0.4 is 16.0 Å². The van der Waals surface area contributed by atoms with Gasteiger partial charge >= 0.3 is 0 Å². The van der Waals surface area contributed by atoms with Gasteiger partial charge in [0.2, 0.25) is 0 Å². The Morgan fingerprint density at radius 2 is 1.00 bits per heavy atom. The predicted molar refractivity (Wildman–Crippen MR) is 237 cm³/mol. The van der Waals surface area contributed by atoms with E-state index in [1.807, 2.05) is 11.3 Å². The molecule has 1 saturated heterocycles. The van der Waals surface area contributed by atoms with Gasteiger partial charge in [-0.25, -0.2) is 0 Å². The van der Waals surface area contributed by atoms with E-state index in [1.165, 1.54) is 64.2 Å². The molecule has 1 aliphatic rings. The van der Waals surface area contributed by atoms with E-state index in [0.29, 0.717) is 0 Å². The lowest BCUT2D eigenvalue weighted by Crippen LogP contribution is -2.54. The minimum absolute atomic E-state index is 0.0352. The van der Waals surface area contributed by atoms with Gasteiger partial charge < -0.3 is 8.98 Å². The fourth-order valence-electron chi connectivity index (χ4n) is 9.06. The lowest BCUT2D eigenvalue weighted by Gasteiger charge is -2.40. The average Bonchev–Trinajstić information content (AvgIpc) is 3.95. The van der Waals surface area contributed by atoms with Gasteiger partial charge in [0, 0.05) is 53.5 Å². The molecule has 4 heterocycles. The number of hydrogen-bond donors (Lipinski definition) is 3. The second-order valence-corrected chi connectivity index (χ2v) is 16.1. The molecule has 1 fully saturated rings. The van der Waals surface area contributed by atoms with Crippen molar-refractivity contribution in [3.05, 3.63) is 199 Å². The number of nitrogens with zero attached hydrogens (tertiary/aromatic N) is 1. The molecule has 3 aromatic heterocycles. The van der Waals surface area contributed by atoms with Gasteiger partial charge in [-0.2, -0.15) is 0 Å². The molecule has 0 aliphatic carbocycles. The maximum absolute atomic E-state index is 6.68. The third-order valence-electron chi connectivity index (χ3n) is 11.7. The van der Waals surface area contributed by atoms with Crippen molar-refractivity contribution in [2.75, 3.05) is 0 Å². The zero-order valence-corrected chi connectivity index (χ0v) is 31.6. The van der Waals surface area contributed by atoms with Crippen LogP contribution in [0.2, 0.25) is 0 Å². The predicted octanol–water partition coefficient (Wildman–Crippen LogP) is 12.9. The number of fused-ring (bicyclic) bond motifs is 9. The summed E-state index contributed by atoms with van der Waals surface area (Å²) in [4.78, 5) is 0. The maximum atomic E-state index is 6.68. The van der Waals surface area contributed by atoms with Crippen LogP contribution in [0.3, 0.4) is 0 Å². The first-order valence-electron chi connectivity index (χ1n) is 19.5. The lowest BCUT2D eigenvalue weighted by atomic mass is 9.98. The van der Waals surface area contributed by atoms with Crippen LogP contribution in [0.15, 0.2) is 186 Å². The maximum Gasteiger partial charge on any atom is 0.137 e. The van der Waals surface area contributed by atoms with Crippen molar-refractivity contribution in [1.82, 2.24) is 20.5 Å². The van der Waals surface area contributed by atoms with E-state index >= 15 is 0 Å². The van der Waals surface area contributed by atoms with Crippen LogP contribution in [-0.2, 0) is 0 Å². The van der Waals surface area contributed by atoms with E-state index in [0.717, 1.165) is 33.2 Å². The first-order valence-corrected chi connectivity index (χ1v) is 20.3. The van der Waals surface area contributed by atoms with E-state index in [1.54, 1.807) is 0 Å². The summed E-state index contributed by atoms with van der Waals surface area (Å²) >= 11 is 1.85. The summed E-state index contributed by atoms with van der Waals surface area (Å²) in [6, 6.07) is 65.4. The second-order valence-electron chi connectivity index (χ2n) is 15.0. The number of benzene rings is 8. The van der Waals surface area contributed by atoms with Gasteiger partial charge in [-0.1, -0.05) is 121 Å². The molecule has 0 saturated carbocycles. The van der Waals surface area contributed by atoms with Crippen molar-refractivity contribution >= 4 is 75.3 Å². The number of rotatable bonds is 5. The zero-order valence-electron chi connectivity index (χ0n) is 30.8. The molecular weight excluding hydrogens is 717 g/mol. The van der Waals surface area contributed by atoms with Crippen molar-refractivity contribution in [3.8, 4) is 16.8 Å². The molecule has 1 aliphatic heterocycles. The average molecular weight is 753 g/mol. The fraction of sp³-hybridized carbons (Fsp3) is 0.0588. The van der Waals surface area contributed by atoms with Gasteiger partial charge in [-0.15, -0.1) is 11.3 Å². The molecule has 8 aromatic carbocycles. The van der Waals surface area contributed by atoms with Crippen LogP contribution in [0.1, 0.15) is 35.2 Å². The number of para-hydroxylation sites is 2. The van der Waals surface area contributed by atoms with Crippen LogP contribution in [0.5, 0.6) is 0 Å². The molecule has 0 bridgehead atoms. The number of hydrogen-bond acceptors (Lipinski definition) is 5. The Kier molecular flexibility index (Phi) is 7.46. The molecule has 2 unspecified atom stereocenters. The highest BCUT2D eigenvalue weighted by atomic mass is 32.1. The Morgan fingerprint density at radius 1 is 0.421 bits per heavy atom. The molecule has 5 nitrogen and oxygen atoms in total. The van der Waals surface area contributed by atoms with E-state index in [9.17, 15) is 0 Å². The molecule has 57 heavy (non-hydrogen) atoms. The Hall–Kier alpha value is -6.54. The molecule has 2 atom stereocenters. The number of nitrogens with one attached hydrogen (secondary N) is 3. The van der Waals surface area contributed by atoms with E-state index in [4.69, 9.17) is 4.42 Å². The SMILES string of the molecule is c1ccc(C2NC(c3ccccc3)NC(c3cccc4sc5ccc(-c6ccc7c(c6)oc6cc(-n8c9ccccc9c9ccccc98)ccc67)cc5c34)N2)cc1. The highest BCUT2D eigenvalue weighted by molar-refractivity contribution is 7.25. The minimum atomic E-state index is -0.0915. The molecule has 12 rings (SSSR count). The summed E-state index contributed by atoms with van der Waals surface area (Å²) in [6.45, 7) is 0. The molecule has 6 heteroatoms. The molecule has 272 valence electrons. The zero-order chi connectivity index (χ0) is 37.5. The number of furan rings is 1. The van der Waals surface area contributed by atoms with Crippen molar-refractivity contribution in [3.63, 3.8) is 0 Å². The third kappa shape index (κ3) is 5.34. The molecule has 0 spiro atoms. The van der Waals surface area contributed by atoms with Gasteiger partial charge in [0.15, 0.2) is 0 Å². The number of thiophene rings is 1. The highest BCUT2D eigenvalue weighted by Gasteiger charge is 2.31. The van der Waals surface area contributed by atoms with E-state index in [-0.39, 0.29) is 18.5 Å². The fourth-order valence-corrected chi connectivity index (χ4v) is 10.2. The van der Waals surface area contributed by atoms with Gasteiger partial charge in [0.25, 0.3) is 0 Å². The van der Waals surface area contributed by atoms with Crippen LogP contribution in [0.25, 0.3) is 80.7 Å². The topological polar surface area (TPSA) is 54.2 Å². The summed E-state index contributed by atoms with van der Waals surface area (Å²) in [7, 11) is 0. The summed E-state index contributed by atoms with van der Waals surface area (Å²) < 4.78 is 11.6. The first kappa shape index (κ1) is 32.7. The van der Waals surface area contributed by atoms with Crippen LogP contribution in [-0.4, -0.2) is 4.57 Å². The molecule has 11 aromatic rings. The van der Waals surface area contributed by atoms with Crippen molar-refractivity contribution < 1.29 is 4.42 Å². The highest BCUT2D eigenvalue weighted by Crippen LogP contribution is 2.42. The van der Waals surface area contributed by atoms with Crippen LogP contribution in [0, 0.1) is 0 Å². The summed E-state index contributed by atoms with van der Waals surface area (Å²) in [5, 5.41) is 18.9. The van der Waals surface area contributed by atoms with Crippen molar-refractivity contribution in [2.24, 2.45) is 0 Å². The Morgan fingerprint density at radius 3 is 1.70 bits per heavy atom. The Labute approximate surface area is 332 Å². The van der Waals surface area contributed by atoms with Crippen LogP contribution >= 0.6 is 11.3 Å². The summed E-state index contributed by atoms with van der Waals surface area (Å²) in [6.07, 6.45) is -0.162. The Balaban J connectivity index is 0.942. The summed E-state index contributed by atoms with van der Waals surface area (Å²) in [5.41, 5.74) is 11.2. The van der Waals surface area contributed by atoms with Crippen LogP contribution in [0.4, 0.5) is 0 Å². The van der Waals surface area contributed by atoms with E-state index < -0.39 is 0 Å². The normalized spacial score (nSPS) is 17.4. The number of aromatic nitrogens is 1. The smallest absolute Gasteiger partial charge is 0.137 e. The molecule has 0 amide bonds. The first-order chi connectivity index (χ1) is 28.2. The molecule has 0 radical (unpaired) electrons. The second kappa shape index (κ2) is 13.0. The standard InChI is InChI=1S/C51H36N4OS/c1-3-12-31(13-4-1)49-52-50(32-14-5-2-6-15-32)54-51(53-49)40-18-11-21-47-48(40)41-28-33(23-27-46(41)57-47)34-22-25-38-39-26-24-35(30-45(39)56-44(38)29-34)55-42-19-9-7-16-36(42)37-17-8-10-20-43(37)55/h1-30,49-54H. The van der Waals surface area contributed by atoms with Crippen molar-refractivity contribution in [1.29, 1.82) is 0 Å². The van der Waals surface area contributed by atoms with Gasteiger partial charge in [0.05, 0.1) is 29.5 Å². The quantitative estimate of drug-likeness (QED) is 0.164. The molecule has 3 N–H and O–H groups in total. The largest absolute Gasteiger partial charge is 0.456 e. The molecular formula is C51H36N4OS.